The van der Waals surface area contributed by atoms with E-state index in [-0.39, 0.29) is 0 Å². The molecular weight excluding hydrogens is 180 g/mol. The maximum Gasteiger partial charge on any atom is -0.00915 e. The zero-order valence-electron chi connectivity index (χ0n) is 11.3. The smallest absolute Gasteiger partial charge is 0.00915 e. The standard InChI is InChI=1S/C15H26/c1-7-12-13(8-2)15(11(5)6)9-14(12)10(3)4/h10-11H,7-9H2,1-6H3. The molecule has 0 aromatic heterocycles. The van der Waals surface area contributed by atoms with Crippen LogP contribution in [0.4, 0.5) is 0 Å². The molecule has 0 N–H and O–H groups in total. The fraction of sp³-hybridized carbons (Fsp3) is 0.733. The van der Waals surface area contributed by atoms with Crippen LogP contribution in [0, 0.1) is 11.8 Å². The molecule has 0 unspecified atom stereocenters. The Morgan fingerprint density at radius 2 is 1.13 bits per heavy atom. The molecule has 0 saturated heterocycles. The van der Waals surface area contributed by atoms with Gasteiger partial charge in [-0.3, -0.25) is 0 Å². The van der Waals surface area contributed by atoms with Crippen LogP contribution in [0.3, 0.4) is 0 Å². The van der Waals surface area contributed by atoms with Crippen molar-refractivity contribution in [2.75, 3.05) is 0 Å². The highest BCUT2D eigenvalue weighted by Crippen LogP contribution is 2.42. The molecule has 86 valence electrons. The Labute approximate surface area is 95.5 Å². The average molecular weight is 206 g/mol. The third kappa shape index (κ3) is 2.35. The van der Waals surface area contributed by atoms with E-state index >= 15 is 0 Å². The SMILES string of the molecule is CCC1=C(C(C)C)CC(C(C)C)=C1CC. The van der Waals surface area contributed by atoms with Crippen molar-refractivity contribution in [1.29, 1.82) is 0 Å². The summed E-state index contributed by atoms with van der Waals surface area (Å²) in [6.45, 7) is 13.9. The molecule has 0 saturated carbocycles. The first kappa shape index (κ1) is 12.5. The molecule has 0 aromatic carbocycles. The van der Waals surface area contributed by atoms with E-state index in [9.17, 15) is 0 Å². The fourth-order valence-electron chi connectivity index (χ4n) is 2.79. The Balaban J connectivity index is 3.09. The van der Waals surface area contributed by atoms with Gasteiger partial charge in [0.25, 0.3) is 0 Å². The number of allylic oxidation sites excluding steroid dienone is 4. The van der Waals surface area contributed by atoms with Crippen molar-refractivity contribution in [2.45, 2.75) is 60.8 Å². The molecule has 0 radical (unpaired) electrons. The van der Waals surface area contributed by atoms with Gasteiger partial charge >= 0.3 is 0 Å². The Morgan fingerprint density at radius 3 is 1.33 bits per heavy atom. The second-order valence-electron chi connectivity index (χ2n) is 5.20. The van der Waals surface area contributed by atoms with E-state index in [1.807, 2.05) is 0 Å². The second kappa shape index (κ2) is 5.01. The molecule has 0 bridgehead atoms. The molecule has 0 heterocycles. The van der Waals surface area contributed by atoms with Crippen LogP contribution in [-0.2, 0) is 0 Å². The largest absolute Gasteiger partial charge is 0.0613 e. The quantitative estimate of drug-likeness (QED) is 0.599. The normalized spacial score (nSPS) is 17.6. The first-order valence-corrected chi connectivity index (χ1v) is 6.47. The van der Waals surface area contributed by atoms with Gasteiger partial charge in [0.2, 0.25) is 0 Å². The van der Waals surface area contributed by atoms with Crippen molar-refractivity contribution in [3.63, 3.8) is 0 Å². The van der Waals surface area contributed by atoms with Crippen LogP contribution in [0.5, 0.6) is 0 Å². The average Bonchev–Trinajstić information content (AvgIpc) is 2.55. The van der Waals surface area contributed by atoms with Crippen molar-refractivity contribution in [3.8, 4) is 0 Å². The molecule has 0 aliphatic heterocycles. The summed E-state index contributed by atoms with van der Waals surface area (Å²) in [5.74, 6) is 1.44. The summed E-state index contributed by atoms with van der Waals surface area (Å²) >= 11 is 0. The van der Waals surface area contributed by atoms with E-state index in [1.54, 1.807) is 22.3 Å². The number of hydrogen-bond donors (Lipinski definition) is 0. The molecule has 0 fully saturated rings. The van der Waals surface area contributed by atoms with Gasteiger partial charge in [-0.1, -0.05) is 52.7 Å². The zero-order valence-corrected chi connectivity index (χ0v) is 11.3. The van der Waals surface area contributed by atoms with Crippen molar-refractivity contribution >= 4 is 0 Å². The van der Waals surface area contributed by atoms with Crippen molar-refractivity contribution < 1.29 is 0 Å². The van der Waals surface area contributed by atoms with Crippen LogP contribution >= 0.6 is 0 Å². The summed E-state index contributed by atoms with van der Waals surface area (Å²) in [7, 11) is 0. The number of hydrogen-bond acceptors (Lipinski definition) is 0. The molecule has 15 heavy (non-hydrogen) atoms. The van der Waals surface area contributed by atoms with Crippen molar-refractivity contribution in [2.24, 2.45) is 11.8 Å². The van der Waals surface area contributed by atoms with E-state index in [4.69, 9.17) is 0 Å². The summed E-state index contributed by atoms with van der Waals surface area (Å²) in [4.78, 5) is 0. The highest BCUT2D eigenvalue weighted by atomic mass is 14.3. The van der Waals surface area contributed by atoms with Crippen LogP contribution in [0.1, 0.15) is 60.8 Å². The van der Waals surface area contributed by atoms with Gasteiger partial charge in [-0.15, -0.1) is 0 Å². The monoisotopic (exact) mass is 206 g/mol. The molecule has 0 nitrogen and oxygen atoms in total. The predicted octanol–water partition coefficient (Wildman–Crippen LogP) is 5.12. The molecule has 0 heteroatoms. The van der Waals surface area contributed by atoms with E-state index in [1.165, 1.54) is 19.3 Å². The lowest BCUT2D eigenvalue weighted by Gasteiger charge is -2.11. The van der Waals surface area contributed by atoms with E-state index < -0.39 is 0 Å². The minimum absolute atomic E-state index is 0.720. The second-order valence-corrected chi connectivity index (χ2v) is 5.20. The first-order chi connectivity index (χ1) is 7.02. The van der Waals surface area contributed by atoms with Gasteiger partial charge in [-0.25, -0.2) is 0 Å². The first-order valence-electron chi connectivity index (χ1n) is 6.47. The predicted molar refractivity (Wildman–Crippen MR) is 68.9 cm³/mol. The van der Waals surface area contributed by atoms with Crippen LogP contribution in [0.15, 0.2) is 22.3 Å². The molecular formula is C15H26. The Bertz CT molecular complexity index is 257. The highest BCUT2D eigenvalue weighted by molar-refractivity contribution is 5.48. The summed E-state index contributed by atoms with van der Waals surface area (Å²) < 4.78 is 0. The maximum absolute atomic E-state index is 2.33. The summed E-state index contributed by atoms with van der Waals surface area (Å²) in [6, 6.07) is 0. The fourth-order valence-corrected chi connectivity index (χ4v) is 2.79. The Hall–Kier alpha value is -0.520. The molecule has 0 spiro atoms. The lowest BCUT2D eigenvalue weighted by atomic mass is 9.94. The van der Waals surface area contributed by atoms with Crippen molar-refractivity contribution in [1.82, 2.24) is 0 Å². The van der Waals surface area contributed by atoms with Gasteiger partial charge in [0.15, 0.2) is 0 Å². The molecule has 0 atom stereocenters. The van der Waals surface area contributed by atoms with E-state index in [2.05, 4.69) is 41.5 Å². The van der Waals surface area contributed by atoms with Gasteiger partial charge in [-0.05, 0) is 42.2 Å². The molecule has 0 aromatic rings. The third-order valence-corrected chi connectivity index (χ3v) is 3.62. The van der Waals surface area contributed by atoms with Crippen LogP contribution in [0.25, 0.3) is 0 Å². The van der Waals surface area contributed by atoms with Gasteiger partial charge in [0, 0.05) is 0 Å². The minimum atomic E-state index is 0.720. The van der Waals surface area contributed by atoms with Gasteiger partial charge in [0.05, 0.1) is 0 Å². The molecule has 1 aliphatic rings. The minimum Gasteiger partial charge on any atom is -0.0613 e. The summed E-state index contributed by atoms with van der Waals surface area (Å²) in [5.41, 5.74) is 6.77. The summed E-state index contributed by atoms with van der Waals surface area (Å²) in [6.07, 6.45) is 3.68. The van der Waals surface area contributed by atoms with Gasteiger partial charge in [0.1, 0.15) is 0 Å². The highest BCUT2D eigenvalue weighted by Gasteiger charge is 2.24. The van der Waals surface area contributed by atoms with Gasteiger partial charge in [-0.2, -0.15) is 0 Å². The lowest BCUT2D eigenvalue weighted by molar-refractivity contribution is 0.690. The topological polar surface area (TPSA) is 0 Å². The van der Waals surface area contributed by atoms with Gasteiger partial charge < -0.3 is 0 Å². The summed E-state index contributed by atoms with van der Waals surface area (Å²) in [5, 5.41) is 0. The molecule has 0 amide bonds. The van der Waals surface area contributed by atoms with Crippen molar-refractivity contribution in [3.05, 3.63) is 22.3 Å². The molecule has 1 rings (SSSR count). The lowest BCUT2D eigenvalue weighted by Crippen LogP contribution is -1.97. The zero-order chi connectivity index (χ0) is 11.6. The Kier molecular flexibility index (Phi) is 4.19. The van der Waals surface area contributed by atoms with Crippen LogP contribution < -0.4 is 0 Å². The third-order valence-electron chi connectivity index (χ3n) is 3.62. The maximum atomic E-state index is 2.33. The van der Waals surface area contributed by atoms with Crippen LogP contribution in [-0.4, -0.2) is 0 Å². The number of rotatable bonds is 4. The Morgan fingerprint density at radius 1 is 0.800 bits per heavy atom. The van der Waals surface area contributed by atoms with E-state index in [0.29, 0.717) is 0 Å². The van der Waals surface area contributed by atoms with E-state index in [0.717, 1.165) is 11.8 Å². The molecule has 1 aliphatic carbocycles. The van der Waals surface area contributed by atoms with Crippen LogP contribution in [0.2, 0.25) is 0 Å².